The maximum Gasteiger partial charge on any atom is 0.326 e. The normalized spacial score (nSPS) is 16.3. The number of nitrogens with one attached hydrogen (secondary N) is 2. The molecule has 0 unspecified atom stereocenters. The summed E-state index contributed by atoms with van der Waals surface area (Å²) in [4.78, 5) is 27.4. The SMILES string of the molecule is O=c1[nH]c(=O)c2scc(C3CC3)c2[nH]1. The third-order valence-corrected chi connectivity index (χ3v) is 3.51. The van der Waals surface area contributed by atoms with Crippen molar-refractivity contribution in [2.75, 3.05) is 0 Å². The molecule has 5 heteroatoms. The Morgan fingerprint density at radius 3 is 2.79 bits per heavy atom. The molecule has 4 nitrogen and oxygen atoms in total. The van der Waals surface area contributed by atoms with Gasteiger partial charge in [0.05, 0.1) is 5.52 Å². The van der Waals surface area contributed by atoms with Crippen molar-refractivity contribution in [2.24, 2.45) is 0 Å². The van der Waals surface area contributed by atoms with E-state index in [1.54, 1.807) is 0 Å². The Morgan fingerprint density at radius 2 is 2.07 bits per heavy atom. The van der Waals surface area contributed by atoms with Crippen LogP contribution in [0.15, 0.2) is 15.0 Å². The van der Waals surface area contributed by atoms with Crippen LogP contribution < -0.4 is 11.2 Å². The maximum absolute atomic E-state index is 11.4. The molecule has 0 bridgehead atoms. The summed E-state index contributed by atoms with van der Waals surface area (Å²) in [6.07, 6.45) is 2.33. The first kappa shape index (κ1) is 7.99. The Morgan fingerprint density at radius 1 is 1.29 bits per heavy atom. The van der Waals surface area contributed by atoms with E-state index in [2.05, 4.69) is 9.97 Å². The number of aromatic nitrogens is 2. The Labute approximate surface area is 82.6 Å². The van der Waals surface area contributed by atoms with Crippen molar-refractivity contribution in [3.8, 4) is 0 Å². The van der Waals surface area contributed by atoms with Gasteiger partial charge in [-0.25, -0.2) is 4.79 Å². The minimum atomic E-state index is -0.414. The molecule has 0 aliphatic heterocycles. The first-order chi connectivity index (χ1) is 6.75. The lowest BCUT2D eigenvalue weighted by atomic mass is 10.2. The second-order valence-corrected chi connectivity index (χ2v) is 4.46. The van der Waals surface area contributed by atoms with Crippen molar-refractivity contribution in [2.45, 2.75) is 18.8 Å². The van der Waals surface area contributed by atoms with Crippen LogP contribution in [-0.4, -0.2) is 9.97 Å². The molecule has 2 aromatic heterocycles. The van der Waals surface area contributed by atoms with Crippen LogP contribution in [0.5, 0.6) is 0 Å². The van der Waals surface area contributed by atoms with E-state index >= 15 is 0 Å². The summed E-state index contributed by atoms with van der Waals surface area (Å²) in [6, 6.07) is 0. The summed E-state index contributed by atoms with van der Waals surface area (Å²) < 4.78 is 0.631. The number of fused-ring (bicyclic) bond motifs is 1. The molecular formula is C9H8N2O2S. The summed E-state index contributed by atoms with van der Waals surface area (Å²) in [5.41, 5.74) is 1.18. The molecule has 3 rings (SSSR count). The highest BCUT2D eigenvalue weighted by Crippen LogP contribution is 2.43. The predicted molar refractivity (Wildman–Crippen MR) is 55.0 cm³/mol. The van der Waals surface area contributed by atoms with E-state index in [-0.39, 0.29) is 5.56 Å². The zero-order valence-corrected chi connectivity index (χ0v) is 8.11. The van der Waals surface area contributed by atoms with E-state index < -0.39 is 5.69 Å². The molecule has 0 saturated heterocycles. The fourth-order valence-corrected chi connectivity index (χ4v) is 2.67. The monoisotopic (exact) mass is 208 g/mol. The molecule has 0 aromatic carbocycles. The molecule has 1 aliphatic rings. The van der Waals surface area contributed by atoms with Crippen LogP contribution in [0.3, 0.4) is 0 Å². The minimum absolute atomic E-state index is 0.277. The Kier molecular flexibility index (Phi) is 1.47. The standard InChI is InChI=1S/C9H8N2O2S/c12-8-7-6(10-9(13)11-8)5(3-14-7)4-1-2-4/h3-4H,1-2H2,(H2,10,11,12,13). The van der Waals surface area contributed by atoms with Gasteiger partial charge in [-0.15, -0.1) is 11.3 Å². The molecule has 0 amide bonds. The number of rotatable bonds is 1. The summed E-state index contributed by atoms with van der Waals surface area (Å²) in [5, 5.41) is 1.98. The van der Waals surface area contributed by atoms with Gasteiger partial charge >= 0.3 is 5.69 Å². The molecule has 2 N–H and O–H groups in total. The molecule has 1 aliphatic carbocycles. The van der Waals surface area contributed by atoms with Gasteiger partial charge in [-0.3, -0.25) is 9.78 Å². The van der Waals surface area contributed by atoms with Crippen LogP contribution in [0.1, 0.15) is 24.3 Å². The number of hydrogen-bond acceptors (Lipinski definition) is 3. The molecule has 14 heavy (non-hydrogen) atoms. The molecule has 0 spiro atoms. The first-order valence-electron chi connectivity index (χ1n) is 4.49. The third kappa shape index (κ3) is 1.05. The van der Waals surface area contributed by atoms with Gasteiger partial charge in [0.1, 0.15) is 4.70 Å². The van der Waals surface area contributed by atoms with E-state index in [0.717, 1.165) is 11.1 Å². The lowest BCUT2D eigenvalue weighted by Gasteiger charge is -1.93. The fraction of sp³-hybridized carbons (Fsp3) is 0.333. The van der Waals surface area contributed by atoms with Gasteiger partial charge in [0.25, 0.3) is 5.56 Å². The fourth-order valence-electron chi connectivity index (χ4n) is 1.67. The zero-order valence-electron chi connectivity index (χ0n) is 7.29. The van der Waals surface area contributed by atoms with Gasteiger partial charge in [-0.2, -0.15) is 0 Å². The number of H-pyrrole nitrogens is 2. The average Bonchev–Trinajstić information content (AvgIpc) is 2.87. The summed E-state index contributed by atoms with van der Waals surface area (Å²) >= 11 is 1.40. The van der Waals surface area contributed by atoms with E-state index in [9.17, 15) is 9.59 Å². The topological polar surface area (TPSA) is 65.7 Å². The van der Waals surface area contributed by atoms with Gasteiger partial charge in [0, 0.05) is 0 Å². The van der Waals surface area contributed by atoms with Crippen molar-refractivity contribution in [1.29, 1.82) is 0 Å². The smallest absolute Gasteiger partial charge is 0.306 e. The highest BCUT2D eigenvalue weighted by atomic mass is 32.1. The Balaban J connectivity index is 2.44. The maximum atomic E-state index is 11.4. The number of thiophene rings is 1. The van der Waals surface area contributed by atoms with Crippen LogP contribution in [0.2, 0.25) is 0 Å². The van der Waals surface area contributed by atoms with Crippen LogP contribution in [0.4, 0.5) is 0 Å². The summed E-state index contributed by atoms with van der Waals surface area (Å²) in [5.74, 6) is 0.557. The molecule has 0 atom stereocenters. The first-order valence-corrected chi connectivity index (χ1v) is 5.37. The van der Waals surface area contributed by atoms with Crippen molar-refractivity contribution in [1.82, 2.24) is 9.97 Å². The molecule has 2 aromatic rings. The van der Waals surface area contributed by atoms with Crippen LogP contribution >= 0.6 is 11.3 Å². The van der Waals surface area contributed by atoms with Crippen molar-refractivity contribution < 1.29 is 0 Å². The second-order valence-electron chi connectivity index (χ2n) is 3.58. The third-order valence-electron chi connectivity index (χ3n) is 2.51. The van der Waals surface area contributed by atoms with Gasteiger partial charge in [0.15, 0.2) is 0 Å². The summed E-state index contributed by atoms with van der Waals surface area (Å²) in [6.45, 7) is 0. The summed E-state index contributed by atoms with van der Waals surface area (Å²) in [7, 11) is 0. The molecule has 0 radical (unpaired) electrons. The molecule has 72 valence electrons. The van der Waals surface area contributed by atoms with E-state index in [4.69, 9.17) is 0 Å². The van der Waals surface area contributed by atoms with E-state index in [0.29, 0.717) is 10.6 Å². The lowest BCUT2D eigenvalue weighted by molar-refractivity contribution is 1.07. The van der Waals surface area contributed by atoms with Crippen molar-refractivity contribution in [3.05, 3.63) is 31.8 Å². The Hall–Kier alpha value is -1.36. The zero-order chi connectivity index (χ0) is 9.71. The minimum Gasteiger partial charge on any atom is -0.306 e. The molecule has 1 saturated carbocycles. The molecule has 1 fully saturated rings. The number of aromatic amines is 2. The van der Waals surface area contributed by atoms with Gasteiger partial charge < -0.3 is 4.98 Å². The predicted octanol–water partition coefficient (Wildman–Crippen LogP) is 1.16. The van der Waals surface area contributed by atoms with Gasteiger partial charge in [0.2, 0.25) is 0 Å². The van der Waals surface area contributed by atoms with Crippen molar-refractivity contribution >= 4 is 21.6 Å². The van der Waals surface area contributed by atoms with Crippen LogP contribution in [0.25, 0.3) is 10.2 Å². The van der Waals surface area contributed by atoms with Gasteiger partial charge in [-0.05, 0) is 29.7 Å². The number of hydrogen-bond donors (Lipinski definition) is 2. The van der Waals surface area contributed by atoms with Crippen LogP contribution in [0, 0.1) is 0 Å². The van der Waals surface area contributed by atoms with E-state index in [1.165, 1.54) is 24.2 Å². The van der Waals surface area contributed by atoms with Crippen LogP contribution in [-0.2, 0) is 0 Å². The average molecular weight is 208 g/mol. The molecule has 2 heterocycles. The largest absolute Gasteiger partial charge is 0.326 e. The Bertz CT molecular complexity index is 603. The van der Waals surface area contributed by atoms with E-state index in [1.807, 2.05) is 5.38 Å². The highest BCUT2D eigenvalue weighted by molar-refractivity contribution is 7.17. The quantitative estimate of drug-likeness (QED) is 0.738. The molecular weight excluding hydrogens is 200 g/mol. The second kappa shape index (κ2) is 2.57. The lowest BCUT2D eigenvalue weighted by Crippen LogP contribution is -2.21. The highest BCUT2D eigenvalue weighted by Gasteiger charge is 2.27. The van der Waals surface area contributed by atoms with Crippen molar-refractivity contribution in [3.63, 3.8) is 0 Å². The van der Waals surface area contributed by atoms with Gasteiger partial charge in [-0.1, -0.05) is 0 Å².